The summed E-state index contributed by atoms with van der Waals surface area (Å²) in [6, 6.07) is 0. The molecule has 0 saturated heterocycles. The van der Waals surface area contributed by atoms with Gasteiger partial charge in [0.1, 0.15) is 0 Å². The normalized spacial score (nSPS) is 9.42. The number of unbranched alkanes of at least 4 members (excludes halogenated alkanes) is 2. The molecule has 0 bridgehead atoms. The standard InChI is InChI=1S/C9H17NO2/c1-2-3-4-7-12-8-5-6-10-9-11/h2-8H2,1H3. The van der Waals surface area contributed by atoms with E-state index in [1.807, 2.05) is 0 Å². The first-order chi connectivity index (χ1) is 5.91. The van der Waals surface area contributed by atoms with Crippen molar-refractivity contribution in [2.45, 2.75) is 32.6 Å². The zero-order chi connectivity index (χ0) is 9.07. The van der Waals surface area contributed by atoms with Crippen LogP contribution in [0.3, 0.4) is 0 Å². The van der Waals surface area contributed by atoms with Crippen LogP contribution in [0.4, 0.5) is 0 Å². The van der Waals surface area contributed by atoms with E-state index in [2.05, 4.69) is 11.9 Å². The van der Waals surface area contributed by atoms with Crippen molar-refractivity contribution in [2.75, 3.05) is 19.8 Å². The molecule has 0 N–H and O–H groups in total. The molecule has 0 spiro atoms. The van der Waals surface area contributed by atoms with Gasteiger partial charge < -0.3 is 4.74 Å². The maximum Gasteiger partial charge on any atom is 0.234 e. The molecule has 0 fully saturated rings. The third-order valence-electron chi connectivity index (χ3n) is 1.52. The van der Waals surface area contributed by atoms with Crippen LogP contribution >= 0.6 is 0 Å². The van der Waals surface area contributed by atoms with Crippen molar-refractivity contribution < 1.29 is 9.53 Å². The van der Waals surface area contributed by atoms with Gasteiger partial charge in [-0.15, -0.1) is 0 Å². The second-order valence-corrected chi connectivity index (χ2v) is 2.65. The molecule has 0 heterocycles. The number of ether oxygens (including phenoxy) is 1. The lowest BCUT2D eigenvalue weighted by Crippen LogP contribution is -1.98. The van der Waals surface area contributed by atoms with E-state index >= 15 is 0 Å². The van der Waals surface area contributed by atoms with Crippen molar-refractivity contribution in [2.24, 2.45) is 4.99 Å². The lowest BCUT2D eigenvalue weighted by Gasteiger charge is -2.00. The first kappa shape index (κ1) is 11.3. The number of hydrogen-bond acceptors (Lipinski definition) is 3. The molecular weight excluding hydrogens is 154 g/mol. The van der Waals surface area contributed by atoms with Crippen LogP contribution in [-0.2, 0) is 9.53 Å². The Hall–Kier alpha value is -0.660. The van der Waals surface area contributed by atoms with Gasteiger partial charge in [0, 0.05) is 13.2 Å². The average molecular weight is 171 g/mol. The predicted octanol–water partition coefficient (Wildman–Crippen LogP) is 1.92. The zero-order valence-electron chi connectivity index (χ0n) is 7.71. The molecular formula is C9H17NO2. The topological polar surface area (TPSA) is 38.7 Å². The second kappa shape index (κ2) is 10.3. The minimum absolute atomic E-state index is 0.539. The molecule has 0 amide bonds. The van der Waals surface area contributed by atoms with E-state index in [-0.39, 0.29) is 0 Å². The highest BCUT2D eigenvalue weighted by atomic mass is 16.5. The number of hydrogen-bond donors (Lipinski definition) is 0. The van der Waals surface area contributed by atoms with Crippen LogP contribution in [0.25, 0.3) is 0 Å². The summed E-state index contributed by atoms with van der Waals surface area (Å²) in [5.41, 5.74) is 0. The minimum Gasteiger partial charge on any atom is -0.381 e. The summed E-state index contributed by atoms with van der Waals surface area (Å²) < 4.78 is 5.29. The predicted molar refractivity (Wildman–Crippen MR) is 47.9 cm³/mol. The lowest BCUT2D eigenvalue weighted by atomic mass is 10.3. The van der Waals surface area contributed by atoms with Gasteiger partial charge in [-0.2, -0.15) is 0 Å². The first-order valence-corrected chi connectivity index (χ1v) is 4.53. The lowest BCUT2D eigenvalue weighted by molar-refractivity contribution is 0.129. The Morgan fingerprint density at radius 2 is 2.00 bits per heavy atom. The Balaban J connectivity index is 2.86. The van der Waals surface area contributed by atoms with Crippen LogP contribution < -0.4 is 0 Å². The Kier molecular flexibility index (Phi) is 9.77. The largest absolute Gasteiger partial charge is 0.381 e. The SMILES string of the molecule is CCCCCOCCCN=C=O. The molecule has 0 unspecified atom stereocenters. The molecule has 70 valence electrons. The Labute approximate surface area is 73.8 Å². The van der Waals surface area contributed by atoms with Gasteiger partial charge in [-0.25, -0.2) is 9.79 Å². The summed E-state index contributed by atoms with van der Waals surface area (Å²) in [6.07, 6.45) is 5.90. The van der Waals surface area contributed by atoms with Crippen LogP contribution in [-0.4, -0.2) is 25.8 Å². The van der Waals surface area contributed by atoms with Crippen molar-refractivity contribution in [3.8, 4) is 0 Å². The number of isocyanates is 1. The van der Waals surface area contributed by atoms with Crippen molar-refractivity contribution in [3.63, 3.8) is 0 Å². The molecule has 0 aromatic carbocycles. The highest BCUT2D eigenvalue weighted by Gasteiger charge is 1.88. The maximum absolute atomic E-state index is 9.65. The summed E-state index contributed by atoms with van der Waals surface area (Å²) in [6.45, 7) is 4.24. The third-order valence-corrected chi connectivity index (χ3v) is 1.52. The fourth-order valence-electron chi connectivity index (χ4n) is 0.847. The molecule has 0 aromatic rings. The van der Waals surface area contributed by atoms with Gasteiger partial charge >= 0.3 is 0 Å². The molecule has 0 rings (SSSR count). The van der Waals surface area contributed by atoms with Crippen LogP contribution in [0, 0.1) is 0 Å². The fraction of sp³-hybridized carbons (Fsp3) is 0.889. The van der Waals surface area contributed by atoms with Gasteiger partial charge in [-0.1, -0.05) is 19.8 Å². The van der Waals surface area contributed by atoms with Crippen molar-refractivity contribution in [1.82, 2.24) is 0 Å². The third kappa shape index (κ3) is 9.34. The van der Waals surface area contributed by atoms with E-state index in [1.165, 1.54) is 18.9 Å². The molecule has 12 heavy (non-hydrogen) atoms. The monoisotopic (exact) mass is 171 g/mol. The van der Waals surface area contributed by atoms with Gasteiger partial charge in [0.25, 0.3) is 0 Å². The molecule has 0 atom stereocenters. The molecule has 0 aliphatic heterocycles. The second-order valence-electron chi connectivity index (χ2n) is 2.65. The minimum atomic E-state index is 0.539. The number of nitrogens with zero attached hydrogens (tertiary/aromatic N) is 1. The molecule has 0 aromatic heterocycles. The van der Waals surface area contributed by atoms with Crippen LogP contribution in [0.15, 0.2) is 4.99 Å². The summed E-state index contributed by atoms with van der Waals surface area (Å²) in [7, 11) is 0. The Morgan fingerprint density at radius 3 is 2.67 bits per heavy atom. The number of rotatable bonds is 8. The summed E-state index contributed by atoms with van der Waals surface area (Å²) in [5, 5.41) is 0. The molecule has 3 heteroatoms. The molecule has 0 aliphatic carbocycles. The van der Waals surface area contributed by atoms with E-state index in [9.17, 15) is 4.79 Å². The van der Waals surface area contributed by atoms with Gasteiger partial charge in [0.15, 0.2) is 0 Å². The quantitative estimate of drug-likeness (QED) is 0.318. The number of aliphatic imine (C=N–C) groups is 1. The molecule has 0 aliphatic rings. The van der Waals surface area contributed by atoms with E-state index in [4.69, 9.17) is 4.74 Å². The molecule has 3 nitrogen and oxygen atoms in total. The van der Waals surface area contributed by atoms with Gasteiger partial charge in [-0.05, 0) is 12.8 Å². The van der Waals surface area contributed by atoms with E-state index in [1.54, 1.807) is 0 Å². The van der Waals surface area contributed by atoms with E-state index < -0.39 is 0 Å². The van der Waals surface area contributed by atoms with Crippen LogP contribution in [0.1, 0.15) is 32.6 Å². The number of carbonyl (C=O) groups excluding carboxylic acids is 1. The highest BCUT2D eigenvalue weighted by Crippen LogP contribution is 1.94. The maximum atomic E-state index is 9.65. The summed E-state index contributed by atoms with van der Waals surface area (Å²) in [4.78, 5) is 13.1. The Morgan fingerprint density at radius 1 is 1.25 bits per heavy atom. The molecule has 0 radical (unpaired) electrons. The molecule has 0 saturated carbocycles. The van der Waals surface area contributed by atoms with Gasteiger partial charge in [-0.3, -0.25) is 0 Å². The summed E-state index contributed by atoms with van der Waals surface area (Å²) >= 11 is 0. The van der Waals surface area contributed by atoms with Crippen molar-refractivity contribution >= 4 is 6.08 Å². The smallest absolute Gasteiger partial charge is 0.234 e. The zero-order valence-corrected chi connectivity index (χ0v) is 7.71. The Bertz CT molecular complexity index is 130. The van der Waals surface area contributed by atoms with Crippen molar-refractivity contribution in [1.29, 1.82) is 0 Å². The van der Waals surface area contributed by atoms with E-state index in [0.29, 0.717) is 13.2 Å². The fourth-order valence-corrected chi connectivity index (χ4v) is 0.847. The van der Waals surface area contributed by atoms with Gasteiger partial charge in [0.05, 0.1) is 6.54 Å². The summed E-state index contributed by atoms with van der Waals surface area (Å²) in [5.74, 6) is 0. The van der Waals surface area contributed by atoms with Crippen LogP contribution in [0.2, 0.25) is 0 Å². The van der Waals surface area contributed by atoms with E-state index in [0.717, 1.165) is 19.4 Å². The first-order valence-electron chi connectivity index (χ1n) is 4.53. The highest BCUT2D eigenvalue weighted by molar-refractivity contribution is 5.32. The van der Waals surface area contributed by atoms with Crippen LogP contribution in [0.5, 0.6) is 0 Å². The van der Waals surface area contributed by atoms with Crippen molar-refractivity contribution in [3.05, 3.63) is 0 Å². The van der Waals surface area contributed by atoms with Gasteiger partial charge in [0.2, 0.25) is 6.08 Å². The average Bonchev–Trinajstić information content (AvgIpc) is 2.10.